The highest BCUT2D eigenvalue weighted by atomic mass is 35.5. The highest BCUT2D eigenvalue weighted by molar-refractivity contribution is 6.33. The number of hydrogen-bond acceptors (Lipinski definition) is 4. The molecule has 7 heteroatoms. The van der Waals surface area contributed by atoms with E-state index >= 15 is 0 Å². The second-order valence-electron chi connectivity index (χ2n) is 3.67. The number of carbonyl (C=O) groups is 1. The van der Waals surface area contributed by atoms with Gasteiger partial charge >= 0.3 is 11.7 Å². The number of H-pyrrole nitrogens is 2. The van der Waals surface area contributed by atoms with Gasteiger partial charge in [-0.25, -0.2) is 9.59 Å². The molecule has 0 atom stereocenters. The van der Waals surface area contributed by atoms with Gasteiger partial charge in [0.05, 0.1) is 23.3 Å². The van der Waals surface area contributed by atoms with E-state index in [1.54, 1.807) is 6.07 Å². The number of hydrogen-bond donors (Lipinski definition) is 2. The van der Waals surface area contributed by atoms with Crippen LogP contribution >= 0.6 is 11.6 Å². The molecule has 0 aliphatic heterocycles. The van der Waals surface area contributed by atoms with Gasteiger partial charge in [-0.2, -0.15) is 0 Å². The van der Waals surface area contributed by atoms with Crippen LogP contribution in [0.5, 0.6) is 0 Å². The lowest BCUT2D eigenvalue weighted by atomic mass is 10.1. The fourth-order valence-electron chi connectivity index (χ4n) is 1.58. The minimum Gasteiger partial charge on any atom is -0.465 e. The van der Waals surface area contributed by atoms with E-state index in [0.717, 1.165) is 0 Å². The quantitative estimate of drug-likeness (QED) is 0.808. The van der Waals surface area contributed by atoms with Crippen molar-refractivity contribution in [2.75, 3.05) is 7.11 Å². The molecule has 0 unspecified atom stereocenters. The fraction of sp³-hybridized carbons (Fsp3) is 0.0833. The Morgan fingerprint density at radius 1 is 1.32 bits per heavy atom. The number of benzene rings is 1. The smallest absolute Gasteiger partial charge is 0.339 e. The van der Waals surface area contributed by atoms with Crippen LogP contribution in [0.1, 0.15) is 10.4 Å². The van der Waals surface area contributed by atoms with Crippen LogP contribution in [0.2, 0.25) is 5.02 Å². The molecule has 1 heterocycles. The summed E-state index contributed by atoms with van der Waals surface area (Å²) in [4.78, 5) is 38.6. The molecule has 0 aliphatic carbocycles. The number of carbonyl (C=O) groups excluding carboxylic acids is 1. The Morgan fingerprint density at radius 3 is 2.68 bits per heavy atom. The molecule has 0 aliphatic rings. The second kappa shape index (κ2) is 5.11. The van der Waals surface area contributed by atoms with Crippen LogP contribution in [-0.2, 0) is 4.74 Å². The molecule has 0 saturated carbocycles. The van der Waals surface area contributed by atoms with Crippen LogP contribution in [0.15, 0.2) is 34.0 Å². The van der Waals surface area contributed by atoms with E-state index in [4.69, 9.17) is 11.6 Å². The summed E-state index contributed by atoms with van der Waals surface area (Å²) in [6, 6.07) is 4.47. The third-order valence-electron chi connectivity index (χ3n) is 2.50. The monoisotopic (exact) mass is 280 g/mol. The van der Waals surface area contributed by atoms with Crippen molar-refractivity contribution in [3.05, 3.63) is 55.8 Å². The van der Waals surface area contributed by atoms with E-state index in [2.05, 4.69) is 14.7 Å². The van der Waals surface area contributed by atoms with Crippen LogP contribution < -0.4 is 11.2 Å². The van der Waals surface area contributed by atoms with Crippen molar-refractivity contribution < 1.29 is 9.53 Å². The molecule has 6 nitrogen and oxygen atoms in total. The lowest BCUT2D eigenvalue weighted by Gasteiger charge is -2.05. The molecule has 0 spiro atoms. The Morgan fingerprint density at radius 2 is 2.05 bits per heavy atom. The van der Waals surface area contributed by atoms with Gasteiger partial charge in [-0.05, 0) is 17.7 Å². The zero-order valence-corrected chi connectivity index (χ0v) is 10.6. The third-order valence-corrected chi connectivity index (χ3v) is 2.83. The highest BCUT2D eigenvalue weighted by Crippen LogP contribution is 2.23. The number of halogens is 1. The van der Waals surface area contributed by atoms with Gasteiger partial charge in [0.15, 0.2) is 0 Å². The molecule has 0 bridgehead atoms. The summed E-state index contributed by atoms with van der Waals surface area (Å²) in [5.74, 6) is -0.604. The largest absolute Gasteiger partial charge is 0.465 e. The molecule has 1 aromatic carbocycles. The van der Waals surface area contributed by atoms with E-state index in [1.165, 1.54) is 25.4 Å². The number of aromatic nitrogens is 2. The van der Waals surface area contributed by atoms with Crippen LogP contribution in [0.3, 0.4) is 0 Å². The van der Waals surface area contributed by atoms with Crippen molar-refractivity contribution in [1.29, 1.82) is 0 Å². The Kier molecular flexibility index (Phi) is 3.52. The summed E-state index contributed by atoms with van der Waals surface area (Å²) in [7, 11) is 1.23. The van der Waals surface area contributed by atoms with Crippen molar-refractivity contribution >= 4 is 17.6 Å². The molecule has 0 amide bonds. The standard InChI is InChI=1S/C12H9ClN2O4/c1-19-11(17)7-4-6(2-3-9(7)13)8-5-14-12(18)15-10(8)16/h2-5H,1H3,(H2,14,15,16,18). The van der Waals surface area contributed by atoms with Gasteiger partial charge in [0.1, 0.15) is 0 Å². The van der Waals surface area contributed by atoms with E-state index in [0.29, 0.717) is 5.56 Å². The molecular formula is C12H9ClN2O4. The van der Waals surface area contributed by atoms with Gasteiger partial charge in [0.25, 0.3) is 5.56 Å². The molecule has 19 heavy (non-hydrogen) atoms. The molecule has 0 fully saturated rings. The van der Waals surface area contributed by atoms with Gasteiger partial charge in [-0.15, -0.1) is 0 Å². The van der Waals surface area contributed by atoms with E-state index in [-0.39, 0.29) is 16.1 Å². The number of nitrogens with one attached hydrogen (secondary N) is 2. The second-order valence-corrected chi connectivity index (χ2v) is 4.08. The molecule has 1 aromatic heterocycles. The van der Waals surface area contributed by atoms with Crippen LogP contribution in [0, 0.1) is 0 Å². The average Bonchev–Trinajstić information content (AvgIpc) is 2.39. The van der Waals surface area contributed by atoms with Gasteiger partial charge in [-0.1, -0.05) is 17.7 Å². The predicted octanol–water partition coefficient (Wildman–Crippen LogP) is 1.17. The molecule has 2 rings (SSSR count). The zero-order chi connectivity index (χ0) is 14.0. The third kappa shape index (κ3) is 2.58. The maximum atomic E-state index is 11.7. The molecule has 2 N–H and O–H groups in total. The average molecular weight is 281 g/mol. The summed E-state index contributed by atoms with van der Waals surface area (Å²) >= 11 is 5.88. The molecule has 98 valence electrons. The summed E-state index contributed by atoms with van der Waals surface area (Å²) in [5, 5.41) is 0.219. The molecular weight excluding hydrogens is 272 g/mol. The Balaban J connectivity index is 2.61. The maximum absolute atomic E-state index is 11.7. The number of ether oxygens (including phenoxy) is 1. The maximum Gasteiger partial charge on any atom is 0.339 e. The first kappa shape index (κ1) is 13.1. The number of rotatable bonds is 2. The lowest BCUT2D eigenvalue weighted by molar-refractivity contribution is 0.0601. The highest BCUT2D eigenvalue weighted by Gasteiger charge is 2.13. The fourth-order valence-corrected chi connectivity index (χ4v) is 1.78. The van der Waals surface area contributed by atoms with Crippen molar-refractivity contribution in [2.45, 2.75) is 0 Å². The van der Waals surface area contributed by atoms with Crippen molar-refractivity contribution in [1.82, 2.24) is 9.97 Å². The summed E-state index contributed by atoms with van der Waals surface area (Å²) in [6.45, 7) is 0. The predicted molar refractivity (Wildman–Crippen MR) is 69.5 cm³/mol. The Hall–Kier alpha value is -2.34. The zero-order valence-electron chi connectivity index (χ0n) is 9.82. The SMILES string of the molecule is COC(=O)c1cc(-c2c[nH]c(=O)[nH]c2=O)ccc1Cl. The van der Waals surface area contributed by atoms with Gasteiger partial charge in [-0.3, -0.25) is 9.78 Å². The van der Waals surface area contributed by atoms with Gasteiger partial charge < -0.3 is 9.72 Å². The Labute approximate surface area is 112 Å². The minimum atomic E-state index is -0.604. The topological polar surface area (TPSA) is 92.0 Å². The number of esters is 1. The van der Waals surface area contributed by atoms with Crippen LogP contribution in [0.25, 0.3) is 11.1 Å². The first-order chi connectivity index (χ1) is 9.02. The first-order valence-electron chi connectivity index (χ1n) is 5.23. The summed E-state index contributed by atoms with van der Waals surface area (Å²) in [6.07, 6.45) is 1.27. The Bertz CT molecular complexity index is 748. The minimum absolute atomic E-state index is 0.146. The summed E-state index contributed by atoms with van der Waals surface area (Å²) in [5.41, 5.74) is -0.339. The molecule has 2 aromatic rings. The van der Waals surface area contributed by atoms with Gasteiger partial charge in [0, 0.05) is 6.20 Å². The molecule has 0 saturated heterocycles. The number of methoxy groups -OCH3 is 1. The van der Waals surface area contributed by atoms with Gasteiger partial charge in [0.2, 0.25) is 0 Å². The van der Waals surface area contributed by atoms with Crippen LogP contribution in [-0.4, -0.2) is 23.0 Å². The molecule has 0 radical (unpaired) electrons. The lowest BCUT2D eigenvalue weighted by Crippen LogP contribution is -2.22. The normalized spacial score (nSPS) is 10.2. The van der Waals surface area contributed by atoms with Crippen molar-refractivity contribution in [3.63, 3.8) is 0 Å². The number of aromatic amines is 2. The van der Waals surface area contributed by atoms with Crippen molar-refractivity contribution in [3.8, 4) is 11.1 Å². The van der Waals surface area contributed by atoms with E-state index in [9.17, 15) is 14.4 Å². The van der Waals surface area contributed by atoms with E-state index < -0.39 is 17.2 Å². The van der Waals surface area contributed by atoms with Crippen LogP contribution in [0.4, 0.5) is 0 Å². The van der Waals surface area contributed by atoms with E-state index in [1.807, 2.05) is 0 Å². The summed E-state index contributed by atoms with van der Waals surface area (Å²) < 4.78 is 4.59. The van der Waals surface area contributed by atoms with Crippen molar-refractivity contribution in [2.24, 2.45) is 0 Å². The first-order valence-corrected chi connectivity index (χ1v) is 5.61.